The molecule has 0 bridgehead atoms. The second-order valence-electron chi connectivity index (χ2n) is 6.79. The summed E-state index contributed by atoms with van der Waals surface area (Å²) < 4.78 is 0. The summed E-state index contributed by atoms with van der Waals surface area (Å²) in [5, 5.41) is 27.8. The van der Waals surface area contributed by atoms with E-state index in [1.807, 2.05) is 0 Å². The van der Waals surface area contributed by atoms with E-state index in [0.29, 0.717) is 5.56 Å². The molecule has 0 unspecified atom stereocenters. The van der Waals surface area contributed by atoms with Crippen LogP contribution < -0.4 is 10.6 Å². The van der Waals surface area contributed by atoms with Crippen LogP contribution in [0.1, 0.15) is 26.3 Å². The number of carbonyl (C=O) groups excluding carboxylic acids is 2. The first-order chi connectivity index (χ1) is 15.6. The van der Waals surface area contributed by atoms with Gasteiger partial charge >= 0.3 is 0 Å². The Morgan fingerprint density at radius 1 is 0.727 bits per heavy atom. The fourth-order valence-electron chi connectivity index (χ4n) is 2.95. The van der Waals surface area contributed by atoms with Gasteiger partial charge in [0.1, 0.15) is 11.1 Å². The molecule has 10 nitrogen and oxygen atoms in total. The van der Waals surface area contributed by atoms with Crippen LogP contribution in [0.4, 0.5) is 22.7 Å². The van der Waals surface area contributed by atoms with Gasteiger partial charge < -0.3 is 10.6 Å². The highest BCUT2D eigenvalue weighted by Crippen LogP contribution is 2.29. The zero-order valence-corrected chi connectivity index (χ0v) is 18.3. The summed E-state index contributed by atoms with van der Waals surface area (Å²) in [4.78, 5) is 46.7. The van der Waals surface area contributed by atoms with E-state index in [1.54, 1.807) is 13.0 Å². The summed E-state index contributed by atoms with van der Waals surface area (Å²) in [5.41, 5.74) is -0.538. The zero-order valence-electron chi connectivity index (χ0n) is 16.8. The molecule has 0 heterocycles. The normalized spacial score (nSPS) is 10.4. The third kappa shape index (κ3) is 5.43. The molecular formula is C21H14Cl2N4O6. The number of nitrogens with one attached hydrogen (secondary N) is 2. The maximum atomic E-state index is 12.8. The number of nitrogens with zero attached hydrogens (tertiary/aromatic N) is 2. The molecule has 0 spiro atoms. The van der Waals surface area contributed by atoms with Gasteiger partial charge in [0.25, 0.3) is 23.2 Å². The molecule has 3 rings (SSSR count). The van der Waals surface area contributed by atoms with Crippen molar-refractivity contribution in [2.75, 3.05) is 10.6 Å². The third-order valence-electron chi connectivity index (χ3n) is 4.47. The van der Waals surface area contributed by atoms with Crippen LogP contribution in [0.15, 0.2) is 54.6 Å². The number of amides is 2. The van der Waals surface area contributed by atoms with Crippen LogP contribution >= 0.6 is 23.2 Å². The van der Waals surface area contributed by atoms with E-state index in [2.05, 4.69) is 10.6 Å². The van der Waals surface area contributed by atoms with Gasteiger partial charge in [0, 0.05) is 22.2 Å². The summed E-state index contributed by atoms with van der Waals surface area (Å²) in [6.45, 7) is 1.73. The van der Waals surface area contributed by atoms with Crippen LogP contribution in [0, 0.1) is 27.2 Å². The average Bonchev–Trinajstić information content (AvgIpc) is 2.74. The van der Waals surface area contributed by atoms with Crippen molar-refractivity contribution < 1.29 is 19.4 Å². The topological polar surface area (TPSA) is 144 Å². The smallest absolute Gasteiger partial charge is 0.282 e. The SMILES string of the molecule is Cc1ccc(NC(=O)c2cc(Cl)ccc2[N+](=O)[O-])c(NC(=O)c2cc(Cl)ccc2[N+](=O)[O-])c1. The van der Waals surface area contributed by atoms with E-state index in [1.165, 1.54) is 24.3 Å². The van der Waals surface area contributed by atoms with E-state index in [9.17, 15) is 29.8 Å². The molecule has 0 radical (unpaired) electrons. The third-order valence-corrected chi connectivity index (χ3v) is 4.94. The minimum absolute atomic E-state index is 0.109. The predicted molar refractivity (Wildman–Crippen MR) is 123 cm³/mol. The van der Waals surface area contributed by atoms with Crippen molar-refractivity contribution in [1.82, 2.24) is 0 Å². The van der Waals surface area contributed by atoms with E-state index in [4.69, 9.17) is 23.2 Å². The van der Waals surface area contributed by atoms with Gasteiger partial charge in [0.15, 0.2) is 0 Å². The number of anilines is 2. The Bertz CT molecular complexity index is 1310. The highest BCUT2D eigenvalue weighted by Gasteiger charge is 2.24. The van der Waals surface area contributed by atoms with Crippen LogP contribution in [-0.4, -0.2) is 21.7 Å². The summed E-state index contributed by atoms with van der Waals surface area (Å²) in [5.74, 6) is -1.67. The molecule has 3 aromatic carbocycles. The van der Waals surface area contributed by atoms with Gasteiger partial charge in [-0.1, -0.05) is 29.3 Å². The Morgan fingerprint density at radius 3 is 1.64 bits per heavy atom. The van der Waals surface area contributed by atoms with Crippen LogP contribution in [0.3, 0.4) is 0 Å². The zero-order chi connectivity index (χ0) is 24.3. The number of nitro groups is 2. The van der Waals surface area contributed by atoms with Crippen molar-refractivity contribution in [3.63, 3.8) is 0 Å². The fourth-order valence-corrected chi connectivity index (χ4v) is 3.29. The van der Waals surface area contributed by atoms with E-state index < -0.39 is 33.0 Å². The van der Waals surface area contributed by atoms with Crippen molar-refractivity contribution >= 4 is 57.8 Å². The molecule has 33 heavy (non-hydrogen) atoms. The summed E-state index contributed by atoms with van der Waals surface area (Å²) in [6, 6.07) is 11.7. The summed E-state index contributed by atoms with van der Waals surface area (Å²) >= 11 is 11.8. The number of hydrogen-bond donors (Lipinski definition) is 2. The quantitative estimate of drug-likeness (QED) is 0.340. The molecule has 0 atom stereocenters. The minimum atomic E-state index is -0.836. The minimum Gasteiger partial charge on any atom is -0.320 e. The number of aryl methyl sites for hydroxylation is 1. The van der Waals surface area contributed by atoms with Crippen LogP contribution in [-0.2, 0) is 0 Å². The standard InChI is InChI=1S/C21H14Cl2N4O6/c1-11-2-5-16(24-20(28)14-9-12(22)3-6-18(14)26(30)31)17(8-11)25-21(29)15-10-13(23)4-7-19(15)27(32)33/h2-10H,1H3,(H,24,28)(H,25,29). The van der Waals surface area contributed by atoms with Crippen molar-refractivity contribution in [3.05, 3.63) is 102 Å². The van der Waals surface area contributed by atoms with Crippen molar-refractivity contribution in [1.29, 1.82) is 0 Å². The molecule has 0 aliphatic heterocycles. The molecule has 0 aliphatic carbocycles. The molecule has 2 N–H and O–H groups in total. The second-order valence-corrected chi connectivity index (χ2v) is 7.67. The number of rotatable bonds is 6. The van der Waals surface area contributed by atoms with Gasteiger partial charge in [0.2, 0.25) is 0 Å². The maximum absolute atomic E-state index is 12.8. The number of halogens is 2. The molecule has 0 aliphatic rings. The summed E-state index contributed by atoms with van der Waals surface area (Å²) in [6.07, 6.45) is 0. The highest BCUT2D eigenvalue weighted by atomic mass is 35.5. The lowest BCUT2D eigenvalue weighted by molar-refractivity contribution is -0.385. The molecule has 12 heteroatoms. The molecular weight excluding hydrogens is 475 g/mol. The number of hydrogen-bond acceptors (Lipinski definition) is 6. The van der Waals surface area contributed by atoms with E-state index in [0.717, 1.165) is 24.3 Å². The van der Waals surface area contributed by atoms with Crippen LogP contribution in [0.25, 0.3) is 0 Å². The van der Waals surface area contributed by atoms with Gasteiger partial charge in [-0.05, 0) is 48.9 Å². The van der Waals surface area contributed by atoms with E-state index >= 15 is 0 Å². The van der Waals surface area contributed by atoms with Gasteiger partial charge in [-0.3, -0.25) is 29.8 Å². The average molecular weight is 489 g/mol. The van der Waals surface area contributed by atoms with Gasteiger partial charge in [-0.2, -0.15) is 0 Å². The first kappa shape index (κ1) is 23.6. The van der Waals surface area contributed by atoms with Crippen molar-refractivity contribution in [2.24, 2.45) is 0 Å². The number of benzene rings is 3. The number of carbonyl (C=O) groups is 2. The van der Waals surface area contributed by atoms with Gasteiger partial charge in [-0.15, -0.1) is 0 Å². The molecule has 0 aromatic heterocycles. The largest absolute Gasteiger partial charge is 0.320 e. The fraction of sp³-hybridized carbons (Fsp3) is 0.0476. The molecule has 0 fully saturated rings. The first-order valence-electron chi connectivity index (χ1n) is 9.18. The summed E-state index contributed by atoms with van der Waals surface area (Å²) in [7, 11) is 0. The van der Waals surface area contributed by atoms with Crippen LogP contribution in [0.2, 0.25) is 10.0 Å². The van der Waals surface area contributed by atoms with Gasteiger partial charge in [0.05, 0.1) is 21.2 Å². The first-order valence-corrected chi connectivity index (χ1v) is 9.93. The Kier molecular flexibility index (Phi) is 6.90. The Hall–Kier alpha value is -4.02. The van der Waals surface area contributed by atoms with Crippen LogP contribution in [0.5, 0.6) is 0 Å². The predicted octanol–water partition coefficient (Wildman–Crippen LogP) is 5.62. The molecule has 168 valence electrons. The lowest BCUT2D eigenvalue weighted by Crippen LogP contribution is -2.18. The van der Waals surface area contributed by atoms with E-state index in [-0.39, 0.29) is 32.5 Å². The Balaban J connectivity index is 1.96. The monoisotopic (exact) mass is 488 g/mol. The molecule has 0 saturated heterocycles. The molecule has 2 amide bonds. The van der Waals surface area contributed by atoms with Gasteiger partial charge in [-0.25, -0.2) is 0 Å². The van der Waals surface area contributed by atoms with Crippen molar-refractivity contribution in [3.8, 4) is 0 Å². The highest BCUT2D eigenvalue weighted by molar-refractivity contribution is 6.31. The lowest BCUT2D eigenvalue weighted by atomic mass is 10.1. The molecule has 3 aromatic rings. The van der Waals surface area contributed by atoms with Crippen molar-refractivity contribution in [2.45, 2.75) is 6.92 Å². The number of nitro benzene ring substituents is 2. The Morgan fingerprint density at radius 2 is 1.18 bits per heavy atom. The maximum Gasteiger partial charge on any atom is 0.282 e. The second kappa shape index (κ2) is 9.63. The lowest BCUT2D eigenvalue weighted by Gasteiger charge is -2.14. The Labute approximate surface area is 196 Å². The molecule has 0 saturated carbocycles.